The van der Waals surface area contributed by atoms with Crippen LogP contribution >= 0.6 is 0 Å². The first kappa shape index (κ1) is 29.3. The molecule has 0 radical (unpaired) electrons. The maximum Gasteiger partial charge on any atom is 0.416 e. The van der Waals surface area contributed by atoms with Gasteiger partial charge in [0.1, 0.15) is 11.8 Å². The molecule has 1 aliphatic heterocycles. The number of alkyl halides is 3. The highest BCUT2D eigenvalue weighted by Gasteiger charge is 2.34. The number of halogens is 3. The van der Waals surface area contributed by atoms with E-state index in [9.17, 15) is 27.6 Å². The lowest BCUT2D eigenvalue weighted by atomic mass is 9.91. The third-order valence-electron chi connectivity index (χ3n) is 7.22. The second kappa shape index (κ2) is 12.4. The number of rotatable bonds is 7. The number of carbonyl (C=O) groups is 3. The zero-order chi connectivity index (χ0) is 30.6. The summed E-state index contributed by atoms with van der Waals surface area (Å²) in [6.07, 6.45) is -0.370. The van der Waals surface area contributed by atoms with Gasteiger partial charge in [-0.05, 0) is 64.6 Å². The second-order valence-corrected chi connectivity index (χ2v) is 10.0. The van der Waals surface area contributed by atoms with Crippen molar-refractivity contribution < 1.29 is 32.3 Å². The number of nitrogens with two attached hydrogens (primary N) is 1. The molecule has 0 saturated carbocycles. The Labute approximate surface area is 246 Å². The Morgan fingerprint density at radius 2 is 1.60 bits per heavy atom. The molecular weight excluding hydrogens is 557 g/mol. The predicted molar refractivity (Wildman–Crippen MR) is 156 cm³/mol. The maximum absolute atomic E-state index is 13.2. The van der Waals surface area contributed by atoms with Crippen molar-refractivity contribution in [2.75, 3.05) is 6.54 Å². The third-order valence-corrected chi connectivity index (χ3v) is 7.22. The van der Waals surface area contributed by atoms with Gasteiger partial charge in [0.25, 0.3) is 0 Å². The first-order chi connectivity index (χ1) is 20.6. The minimum Gasteiger partial charge on any atom is -0.423 e. The molecule has 4 aromatic rings. The van der Waals surface area contributed by atoms with Crippen LogP contribution in [0, 0.1) is 0 Å². The summed E-state index contributed by atoms with van der Waals surface area (Å²) < 4.78 is 44.7. The minimum atomic E-state index is -4.47. The van der Waals surface area contributed by atoms with E-state index in [4.69, 9.17) is 10.5 Å². The summed E-state index contributed by atoms with van der Waals surface area (Å²) in [5.41, 5.74) is 8.20. The fourth-order valence-electron chi connectivity index (χ4n) is 5.13. The van der Waals surface area contributed by atoms with E-state index in [1.807, 2.05) is 36.4 Å². The van der Waals surface area contributed by atoms with E-state index in [-0.39, 0.29) is 30.2 Å². The molecule has 0 saturated heterocycles. The van der Waals surface area contributed by atoms with Crippen LogP contribution < -0.4 is 10.5 Å². The van der Waals surface area contributed by atoms with E-state index in [2.05, 4.69) is 0 Å². The molecule has 0 spiro atoms. The molecule has 2 amide bonds. The fraction of sp³-hybridized carbons (Fsp3) is 0.147. The van der Waals surface area contributed by atoms with Gasteiger partial charge in [0.05, 0.1) is 11.1 Å². The van der Waals surface area contributed by atoms with E-state index in [0.717, 1.165) is 17.7 Å². The lowest BCUT2D eigenvalue weighted by Gasteiger charge is -2.35. The van der Waals surface area contributed by atoms with Crippen LogP contribution in [-0.4, -0.2) is 29.2 Å². The molecule has 4 aromatic carbocycles. The first-order valence-electron chi connectivity index (χ1n) is 13.5. The highest BCUT2D eigenvalue weighted by molar-refractivity contribution is 5.98. The number of fused-ring (bicyclic) bond motifs is 1. The Balaban J connectivity index is 1.32. The van der Waals surface area contributed by atoms with E-state index < -0.39 is 29.7 Å². The molecule has 5 rings (SSSR count). The van der Waals surface area contributed by atoms with Gasteiger partial charge >= 0.3 is 12.1 Å². The van der Waals surface area contributed by atoms with E-state index in [1.54, 1.807) is 36.4 Å². The van der Waals surface area contributed by atoms with Crippen LogP contribution in [0.3, 0.4) is 0 Å². The van der Waals surface area contributed by atoms with Crippen LogP contribution in [0.1, 0.15) is 45.1 Å². The Hall–Kier alpha value is -5.18. The Kier molecular flexibility index (Phi) is 8.43. The van der Waals surface area contributed by atoms with Crippen LogP contribution in [0.15, 0.2) is 103 Å². The van der Waals surface area contributed by atoms with Gasteiger partial charge in [-0.15, -0.1) is 0 Å². The van der Waals surface area contributed by atoms with Crippen molar-refractivity contribution in [3.05, 3.63) is 131 Å². The normalized spacial score (nSPS) is 14.8. The summed E-state index contributed by atoms with van der Waals surface area (Å²) in [6.45, 7) is 0.257. The molecule has 2 N–H and O–H groups in total. The zero-order valence-electron chi connectivity index (χ0n) is 22.9. The monoisotopic (exact) mass is 584 g/mol. The number of hydrogen-bond acceptors (Lipinski definition) is 4. The first-order valence-corrected chi connectivity index (χ1v) is 13.5. The van der Waals surface area contributed by atoms with Crippen molar-refractivity contribution in [1.82, 2.24) is 4.90 Å². The van der Waals surface area contributed by atoms with Crippen LogP contribution in [0.5, 0.6) is 5.75 Å². The highest BCUT2D eigenvalue weighted by Crippen LogP contribution is 2.34. The largest absolute Gasteiger partial charge is 0.423 e. The maximum atomic E-state index is 13.2. The highest BCUT2D eigenvalue weighted by atomic mass is 19.4. The summed E-state index contributed by atoms with van der Waals surface area (Å²) in [7, 11) is 0. The number of primary amides is 1. The molecule has 43 heavy (non-hydrogen) atoms. The number of amides is 2. The van der Waals surface area contributed by atoms with Gasteiger partial charge in [0, 0.05) is 13.0 Å². The molecule has 1 atom stereocenters. The molecular formula is C34H27F3N2O4. The summed E-state index contributed by atoms with van der Waals surface area (Å²) in [4.78, 5) is 40.2. The van der Waals surface area contributed by atoms with E-state index in [1.165, 1.54) is 29.2 Å². The van der Waals surface area contributed by atoms with Crippen molar-refractivity contribution in [1.29, 1.82) is 0 Å². The molecule has 6 nitrogen and oxygen atoms in total. The van der Waals surface area contributed by atoms with Gasteiger partial charge in [-0.25, -0.2) is 4.79 Å². The van der Waals surface area contributed by atoms with Gasteiger partial charge in [-0.2, -0.15) is 13.2 Å². The summed E-state index contributed by atoms with van der Waals surface area (Å²) in [6, 6.07) is 24.4. The summed E-state index contributed by atoms with van der Waals surface area (Å²) >= 11 is 0. The number of benzene rings is 4. The lowest BCUT2D eigenvalue weighted by molar-refractivity contribution is -0.139. The van der Waals surface area contributed by atoms with Crippen molar-refractivity contribution in [3.63, 3.8) is 0 Å². The van der Waals surface area contributed by atoms with Gasteiger partial charge in [-0.3, -0.25) is 9.59 Å². The molecule has 0 aromatic heterocycles. The Morgan fingerprint density at radius 1 is 0.907 bits per heavy atom. The zero-order valence-corrected chi connectivity index (χ0v) is 22.9. The number of nitrogens with zero attached hydrogens (tertiary/aromatic N) is 1. The van der Waals surface area contributed by atoms with Crippen molar-refractivity contribution in [2.24, 2.45) is 5.73 Å². The summed E-state index contributed by atoms with van der Waals surface area (Å²) in [5.74, 6) is -1.38. The number of ether oxygens (including phenoxy) is 1. The average Bonchev–Trinajstić information content (AvgIpc) is 3.00. The smallest absolute Gasteiger partial charge is 0.416 e. The minimum absolute atomic E-state index is 0.0993. The summed E-state index contributed by atoms with van der Waals surface area (Å²) in [5, 5.41) is 0. The molecule has 1 heterocycles. The Morgan fingerprint density at radius 3 is 2.30 bits per heavy atom. The van der Waals surface area contributed by atoms with Crippen LogP contribution in [0.25, 0.3) is 17.2 Å². The van der Waals surface area contributed by atoms with Crippen LogP contribution in [0.2, 0.25) is 0 Å². The van der Waals surface area contributed by atoms with Crippen LogP contribution in [-0.2, 0) is 22.2 Å². The molecule has 1 aliphatic rings. The molecule has 0 bridgehead atoms. The van der Waals surface area contributed by atoms with Crippen LogP contribution in [0.4, 0.5) is 13.2 Å². The fourth-order valence-corrected chi connectivity index (χ4v) is 5.13. The van der Waals surface area contributed by atoms with E-state index in [0.29, 0.717) is 28.7 Å². The van der Waals surface area contributed by atoms with Gasteiger partial charge in [0.2, 0.25) is 11.8 Å². The topological polar surface area (TPSA) is 89.7 Å². The molecule has 0 aliphatic carbocycles. The molecule has 0 fully saturated rings. The van der Waals surface area contributed by atoms with E-state index >= 15 is 0 Å². The number of carbonyl (C=O) groups excluding carboxylic acids is 3. The van der Waals surface area contributed by atoms with Crippen molar-refractivity contribution >= 4 is 23.9 Å². The van der Waals surface area contributed by atoms with Gasteiger partial charge in [0.15, 0.2) is 0 Å². The van der Waals surface area contributed by atoms with Gasteiger partial charge in [-0.1, -0.05) is 78.9 Å². The van der Waals surface area contributed by atoms with Crippen molar-refractivity contribution in [3.8, 4) is 16.9 Å². The molecule has 9 heteroatoms. The quantitative estimate of drug-likeness (QED) is 0.196. The average molecular weight is 585 g/mol. The third kappa shape index (κ3) is 6.67. The van der Waals surface area contributed by atoms with Crippen molar-refractivity contribution in [2.45, 2.75) is 25.1 Å². The lowest BCUT2D eigenvalue weighted by Crippen LogP contribution is -2.45. The second-order valence-electron chi connectivity index (χ2n) is 10.0. The molecule has 218 valence electrons. The Bertz CT molecular complexity index is 1680. The SMILES string of the molecule is NC(=O)C1c2ccc(OC(=O)c3ccccc3-c3ccc(C(F)(F)F)cc3)cc2CCN1C(=O)CC=Cc1ccccc1. The standard InChI is InChI=1S/C34H27F3N2O4/c35-34(36,37)25-15-13-23(14-16-25)27-10-4-5-11-29(27)33(42)43-26-17-18-28-24(21-26)19-20-39(31(28)32(38)41)30(40)12-6-9-22-7-2-1-3-8-22/h1-11,13-18,21,31H,12,19-20H2,(H2,38,41). The molecule has 1 unspecified atom stereocenters. The van der Waals surface area contributed by atoms with Gasteiger partial charge < -0.3 is 15.4 Å². The number of esters is 1. The number of hydrogen-bond donors (Lipinski definition) is 1. The predicted octanol–water partition coefficient (Wildman–Crippen LogP) is 6.61.